The first-order valence-corrected chi connectivity index (χ1v) is 6.40. The van der Waals surface area contributed by atoms with Crippen molar-refractivity contribution in [1.29, 1.82) is 0 Å². The van der Waals surface area contributed by atoms with Crippen molar-refractivity contribution in [3.63, 3.8) is 0 Å². The Morgan fingerprint density at radius 2 is 2.10 bits per heavy atom. The summed E-state index contributed by atoms with van der Waals surface area (Å²) in [6, 6.07) is 3.76. The molecule has 5 nitrogen and oxygen atoms in total. The van der Waals surface area contributed by atoms with Crippen molar-refractivity contribution < 1.29 is 19.1 Å². The second-order valence-corrected chi connectivity index (χ2v) is 4.92. The fourth-order valence-corrected chi connectivity index (χ4v) is 1.64. The van der Waals surface area contributed by atoms with Crippen molar-refractivity contribution in [2.75, 3.05) is 0 Å². The van der Waals surface area contributed by atoms with Crippen molar-refractivity contribution >= 4 is 23.6 Å². The summed E-state index contributed by atoms with van der Waals surface area (Å²) in [6.45, 7) is 2.96. The summed E-state index contributed by atoms with van der Waals surface area (Å²) in [5, 5.41) is 13.7. The van der Waals surface area contributed by atoms with Gasteiger partial charge in [0.2, 0.25) is 0 Å². The smallest absolute Gasteiger partial charge is 0.329 e. The molecule has 1 aromatic rings. The van der Waals surface area contributed by atoms with Crippen LogP contribution in [0.4, 0.5) is 9.18 Å². The fourth-order valence-electron chi connectivity index (χ4n) is 1.45. The fraction of sp³-hybridized carbons (Fsp3) is 0.385. The Hall–Kier alpha value is -1.82. The average molecular weight is 303 g/mol. The number of rotatable bonds is 5. The van der Waals surface area contributed by atoms with Crippen LogP contribution in [0.3, 0.4) is 0 Å². The van der Waals surface area contributed by atoms with Gasteiger partial charge in [0, 0.05) is 12.1 Å². The van der Waals surface area contributed by atoms with E-state index in [1.165, 1.54) is 19.1 Å². The summed E-state index contributed by atoms with van der Waals surface area (Å²) in [5.74, 6) is -1.74. The molecule has 7 heteroatoms. The molecule has 0 aliphatic rings. The number of carboxylic acids is 1. The molecule has 0 saturated heterocycles. The molecule has 2 amide bonds. The first-order chi connectivity index (χ1) is 9.30. The molecule has 0 aliphatic heterocycles. The molecule has 1 unspecified atom stereocenters. The zero-order valence-corrected chi connectivity index (χ0v) is 11.9. The van der Waals surface area contributed by atoms with E-state index in [1.54, 1.807) is 13.0 Å². The first kappa shape index (κ1) is 16.2. The summed E-state index contributed by atoms with van der Waals surface area (Å²) in [5.41, 5.74) is -1.14. The number of aliphatic carboxylic acids is 1. The maximum absolute atomic E-state index is 13.6. The van der Waals surface area contributed by atoms with Gasteiger partial charge >= 0.3 is 12.0 Å². The van der Waals surface area contributed by atoms with Gasteiger partial charge in [-0.25, -0.2) is 14.0 Å². The minimum Gasteiger partial charge on any atom is -0.480 e. The highest BCUT2D eigenvalue weighted by molar-refractivity contribution is 6.30. The SMILES string of the molecule is CCC(C)(NC(=O)NCc1cccc(Cl)c1F)C(=O)O. The van der Waals surface area contributed by atoms with E-state index in [1.807, 2.05) is 0 Å². The highest BCUT2D eigenvalue weighted by atomic mass is 35.5. The van der Waals surface area contributed by atoms with E-state index in [9.17, 15) is 14.0 Å². The lowest BCUT2D eigenvalue weighted by molar-refractivity contribution is -0.143. The van der Waals surface area contributed by atoms with Crippen LogP contribution in [0.15, 0.2) is 18.2 Å². The van der Waals surface area contributed by atoms with Crippen LogP contribution in [0.5, 0.6) is 0 Å². The molecule has 1 aromatic carbocycles. The second kappa shape index (κ2) is 6.56. The van der Waals surface area contributed by atoms with Crippen LogP contribution in [0.1, 0.15) is 25.8 Å². The van der Waals surface area contributed by atoms with Gasteiger partial charge in [-0.3, -0.25) is 0 Å². The summed E-state index contributed by atoms with van der Waals surface area (Å²) in [4.78, 5) is 22.7. The van der Waals surface area contributed by atoms with E-state index >= 15 is 0 Å². The molecule has 0 saturated carbocycles. The summed E-state index contributed by atoms with van der Waals surface area (Å²) < 4.78 is 13.6. The molecule has 0 heterocycles. The Morgan fingerprint density at radius 3 is 2.65 bits per heavy atom. The Labute approximate surface area is 121 Å². The Balaban J connectivity index is 2.64. The Bertz CT molecular complexity index is 524. The van der Waals surface area contributed by atoms with Crippen molar-refractivity contribution in [2.45, 2.75) is 32.4 Å². The standard InChI is InChI=1S/C13H16ClFN2O3/c1-3-13(2,11(18)19)17-12(20)16-7-8-5-4-6-9(14)10(8)15/h4-6H,3,7H2,1-2H3,(H,18,19)(H2,16,17,20). The predicted octanol–water partition coefficient (Wildman–Crippen LogP) is 2.53. The molecule has 0 bridgehead atoms. The summed E-state index contributed by atoms with van der Waals surface area (Å²) in [6.07, 6.45) is 0.223. The molecule has 110 valence electrons. The second-order valence-electron chi connectivity index (χ2n) is 4.51. The maximum atomic E-state index is 13.6. The van der Waals surface area contributed by atoms with Crippen LogP contribution in [0, 0.1) is 5.82 Å². The zero-order valence-electron chi connectivity index (χ0n) is 11.2. The van der Waals surface area contributed by atoms with Gasteiger partial charge in [-0.1, -0.05) is 30.7 Å². The minimum absolute atomic E-state index is 0.0337. The zero-order chi connectivity index (χ0) is 15.3. The number of halogens is 2. The van der Waals surface area contributed by atoms with Crippen LogP contribution in [0.25, 0.3) is 0 Å². The highest BCUT2D eigenvalue weighted by Crippen LogP contribution is 2.17. The number of carbonyl (C=O) groups is 2. The molecule has 0 aliphatic carbocycles. The number of hydrogen-bond donors (Lipinski definition) is 3. The van der Waals surface area contributed by atoms with Gasteiger partial charge in [0.15, 0.2) is 0 Å². The van der Waals surface area contributed by atoms with Gasteiger partial charge < -0.3 is 15.7 Å². The number of benzene rings is 1. The van der Waals surface area contributed by atoms with Gasteiger partial charge in [0.25, 0.3) is 0 Å². The molecule has 20 heavy (non-hydrogen) atoms. The number of carboxylic acid groups (broad SMARTS) is 1. The number of carbonyl (C=O) groups excluding carboxylic acids is 1. The van der Waals surface area contributed by atoms with E-state index in [-0.39, 0.29) is 23.6 Å². The van der Waals surface area contributed by atoms with Crippen molar-refractivity contribution in [3.8, 4) is 0 Å². The number of nitrogens with one attached hydrogen (secondary N) is 2. The molecule has 1 rings (SSSR count). The van der Waals surface area contributed by atoms with Crippen molar-refractivity contribution in [3.05, 3.63) is 34.6 Å². The molecule has 3 N–H and O–H groups in total. The van der Waals surface area contributed by atoms with E-state index < -0.39 is 23.4 Å². The van der Waals surface area contributed by atoms with Crippen molar-refractivity contribution in [1.82, 2.24) is 10.6 Å². The van der Waals surface area contributed by atoms with E-state index in [0.717, 1.165) is 0 Å². The Morgan fingerprint density at radius 1 is 1.45 bits per heavy atom. The van der Waals surface area contributed by atoms with E-state index in [2.05, 4.69) is 10.6 Å². The minimum atomic E-state index is -1.36. The molecular weight excluding hydrogens is 287 g/mol. The third-order valence-electron chi connectivity index (χ3n) is 3.04. The van der Waals surface area contributed by atoms with E-state index in [4.69, 9.17) is 16.7 Å². The topological polar surface area (TPSA) is 78.4 Å². The molecule has 0 radical (unpaired) electrons. The predicted molar refractivity (Wildman–Crippen MR) is 73.1 cm³/mol. The monoisotopic (exact) mass is 302 g/mol. The van der Waals surface area contributed by atoms with Crippen LogP contribution < -0.4 is 10.6 Å². The molecule has 0 spiro atoms. The van der Waals surface area contributed by atoms with Crippen LogP contribution in [-0.2, 0) is 11.3 Å². The lowest BCUT2D eigenvalue weighted by atomic mass is 10.00. The highest BCUT2D eigenvalue weighted by Gasteiger charge is 2.32. The molecule has 0 aromatic heterocycles. The first-order valence-electron chi connectivity index (χ1n) is 6.02. The van der Waals surface area contributed by atoms with Gasteiger partial charge in [0.1, 0.15) is 11.4 Å². The Kier molecular flexibility index (Phi) is 5.33. The van der Waals surface area contributed by atoms with Gasteiger partial charge in [-0.15, -0.1) is 0 Å². The lowest BCUT2D eigenvalue weighted by Gasteiger charge is -2.24. The third kappa shape index (κ3) is 3.84. The number of amides is 2. The molecule has 1 atom stereocenters. The molecular formula is C13H16ClFN2O3. The van der Waals surface area contributed by atoms with Gasteiger partial charge in [-0.2, -0.15) is 0 Å². The number of urea groups is 1. The van der Waals surface area contributed by atoms with Gasteiger partial charge in [0.05, 0.1) is 5.02 Å². The largest absolute Gasteiger partial charge is 0.480 e. The lowest BCUT2D eigenvalue weighted by Crippen LogP contribution is -2.54. The quantitative estimate of drug-likeness (QED) is 0.782. The van der Waals surface area contributed by atoms with Gasteiger partial charge in [-0.05, 0) is 19.4 Å². The van der Waals surface area contributed by atoms with Crippen molar-refractivity contribution in [2.24, 2.45) is 0 Å². The third-order valence-corrected chi connectivity index (χ3v) is 3.33. The van der Waals surface area contributed by atoms with Crippen LogP contribution in [0.2, 0.25) is 5.02 Å². The molecule has 0 fully saturated rings. The summed E-state index contributed by atoms with van der Waals surface area (Å²) in [7, 11) is 0. The van der Waals surface area contributed by atoms with Crippen LogP contribution in [-0.4, -0.2) is 22.6 Å². The number of hydrogen-bond acceptors (Lipinski definition) is 2. The van der Waals surface area contributed by atoms with Crippen LogP contribution >= 0.6 is 11.6 Å². The summed E-state index contributed by atoms with van der Waals surface area (Å²) >= 11 is 5.62. The normalized spacial score (nSPS) is 13.4. The maximum Gasteiger partial charge on any atom is 0.329 e. The van der Waals surface area contributed by atoms with E-state index in [0.29, 0.717) is 0 Å². The average Bonchev–Trinajstić information content (AvgIpc) is 2.40.